The monoisotopic (exact) mass is 354 g/mol. The van der Waals surface area contributed by atoms with Crippen LogP contribution >= 0.6 is 0 Å². The van der Waals surface area contributed by atoms with E-state index in [1.54, 1.807) is 0 Å². The lowest BCUT2D eigenvalue weighted by molar-refractivity contribution is 0.602. The fraction of sp³-hybridized carbons (Fsp3) is 0.231. The molecule has 1 nitrogen and oxygen atoms in total. The van der Waals surface area contributed by atoms with Crippen molar-refractivity contribution in [2.75, 3.05) is 0 Å². The van der Waals surface area contributed by atoms with Gasteiger partial charge in [-0.25, -0.2) is 0 Å². The lowest BCUT2D eigenvalue weighted by Gasteiger charge is -2.03. The van der Waals surface area contributed by atoms with Crippen LogP contribution in [0.4, 0.5) is 0 Å². The Morgan fingerprint density at radius 2 is 0.963 bits per heavy atom. The van der Waals surface area contributed by atoms with Crippen molar-refractivity contribution in [3.05, 3.63) is 83.9 Å². The number of hydrogen-bond acceptors (Lipinski definition) is 1. The van der Waals surface area contributed by atoms with Crippen molar-refractivity contribution in [2.24, 2.45) is 0 Å². The van der Waals surface area contributed by atoms with Crippen molar-refractivity contribution in [1.29, 1.82) is 0 Å². The molecule has 4 aromatic rings. The zero-order valence-electron chi connectivity index (χ0n) is 16.2. The predicted octanol–water partition coefficient (Wildman–Crippen LogP) is 7.67. The SMILES string of the molecule is CCCc1ccc(-c2oc(-c3ccc(CCC)cc3)c3ccccc23)cc1. The van der Waals surface area contributed by atoms with Gasteiger partial charge in [0.05, 0.1) is 0 Å². The average molecular weight is 354 g/mol. The van der Waals surface area contributed by atoms with Crippen LogP contribution in [0.2, 0.25) is 0 Å². The van der Waals surface area contributed by atoms with Crippen LogP contribution in [-0.4, -0.2) is 0 Å². The Hall–Kier alpha value is -2.80. The standard InChI is InChI=1S/C26H26O/c1-3-7-19-11-15-21(16-12-19)25-23-9-5-6-10-24(23)26(27-25)22-17-13-20(8-4-2)14-18-22/h5-6,9-18H,3-4,7-8H2,1-2H3. The van der Waals surface area contributed by atoms with Gasteiger partial charge >= 0.3 is 0 Å². The first kappa shape index (κ1) is 17.6. The lowest BCUT2D eigenvalue weighted by atomic mass is 10.0. The number of aryl methyl sites for hydroxylation is 2. The van der Waals surface area contributed by atoms with Crippen LogP contribution in [0.3, 0.4) is 0 Å². The third kappa shape index (κ3) is 3.55. The van der Waals surface area contributed by atoms with Crippen LogP contribution < -0.4 is 0 Å². The van der Waals surface area contributed by atoms with Gasteiger partial charge in [-0.15, -0.1) is 0 Å². The minimum atomic E-state index is 0.960. The van der Waals surface area contributed by atoms with Gasteiger partial charge in [-0.05, 0) is 24.0 Å². The van der Waals surface area contributed by atoms with E-state index in [1.807, 2.05) is 0 Å². The van der Waals surface area contributed by atoms with E-state index in [9.17, 15) is 0 Å². The maximum absolute atomic E-state index is 6.44. The molecule has 1 aromatic heterocycles. The van der Waals surface area contributed by atoms with E-state index in [1.165, 1.54) is 34.7 Å². The van der Waals surface area contributed by atoms with Crippen LogP contribution in [-0.2, 0) is 12.8 Å². The van der Waals surface area contributed by atoms with Gasteiger partial charge in [-0.3, -0.25) is 0 Å². The van der Waals surface area contributed by atoms with Crippen LogP contribution in [0.25, 0.3) is 33.4 Å². The fourth-order valence-electron chi connectivity index (χ4n) is 3.74. The van der Waals surface area contributed by atoms with Crippen molar-refractivity contribution >= 4 is 10.8 Å². The zero-order valence-corrected chi connectivity index (χ0v) is 16.2. The van der Waals surface area contributed by atoms with E-state index in [-0.39, 0.29) is 0 Å². The van der Waals surface area contributed by atoms with Gasteiger partial charge in [0.25, 0.3) is 0 Å². The van der Waals surface area contributed by atoms with Gasteiger partial charge in [0.1, 0.15) is 11.5 Å². The van der Waals surface area contributed by atoms with Gasteiger partial charge in [0.15, 0.2) is 0 Å². The molecule has 0 N–H and O–H groups in total. The van der Waals surface area contributed by atoms with Crippen LogP contribution in [0, 0.1) is 0 Å². The first-order valence-corrected chi connectivity index (χ1v) is 10.00. The van der Waals surface area contributed by atoms with Crippen molar-refractivity contribution in [1.82, 2.24) is 0 Å². The molecular weight excluding hydrogens is 328 g/mol. The highest BCUT2D eigenvalue weighted by atomic mass is 16.3. The minimum Gasteiger partial charge on any atom is -0.455 e. The summed E-state index contributed by atoms with van der Waals surface area (Å²) in [6.07, 6.45) is 4.57. The Labute approximate surface area is 161 Å². The van der Waals surface area contributed by atoms with Crippen LogP contribution in [0.5, 0.6) is 0 Å². The van der Waals surface area contributed by atoms with Crippen molar-refractivity contribution in [3.63, 3.8) is 0 Å². The van der Waals surface area contributed by atoms with Gasteiger partial charge in [-0.1, -0.05) is 99.5 Å². The maximum atomic E-state index is 6.44. The summed E-state index contributed by atoms with van der Waals surface area (Å²) < 4.78 is 6.44. The summed E-state index contributed by atoms with van der Waals surface area (Å²) >= 11 is 0. The molecule has 136 valence electrons. The summed E-state index contributed by atoms with van der Waals surface area (Å²) in [6, 6.07) is 26.1. The highest BCUT2D eigenvalue weighted by Crippen LogP contribution is 2.39. The molecule has 0 aliphatic heterocycles. The largest absolute Gasteiger partial charge is 0.455 e. The molecule has 0 fully saturated rings. The number of fused-ring (bicyclic) bond motifs is 1. The highest BCUT2D eigenvalue weighted by Gasteiger charge is 2.15. The van der Waals surface area contributed by atoms with E-state index >= 15 is 0 Å². The molecule has 0 aliphatic rings. The third-order valence-electron chi connectivity index (χ3n) is 5.13. The summed E-state index contributed by atoms with van der Waals surface area (Å²) in [7, 11) is 0. The van der Waals surface area contributed by atoms with Crippen LogP contribution in [0.1, 0.15) is 37.8 Å². The Balaban J connectivity index is 1.79. The zero-order chi connectivity index (χ0) is 18.6. The molecule has 27 heavy (non-hydrogen) atoms. The molecule has 0 bridgehead atoms. The normalized spacial score (nSPS) is 11.2. The second kappa shape index (κ2) is 7.84. The number of rotatable bonds is 6. The molecule has 0 aliphatic carbocycles. The van der Waals surface area contributed by atoms with Gasteiger partial charge < -0.3 is 4.42 Å². The molecule has 0 unspecified atom stereocenters. The molecule has 0 radical (unpaired) electrons. The first-order valence-electron chi connectivity index (χ1n) is 10.00. The third-order valence-corrected chi connectivity index (χ3v) is 5.13. The second-order valence-electron chi connectivity index (χ2n) is 7.20. The van der Waals surface area contributed by atoms with E-state index in [0.717, 1.165) is 35.5 Å². The number of benzene rings is 3. The summed E-state index contributed by atoms with van der Waals surface area (Å²) in [6.45, 7) is 4.43. The highest BCUT2D eigenvalue weighted by molar-refractivity contribution is 6.02. The molecule has 0 saturated heterocycles. The van der Waals surface area contributed by atoms with E-state index in [2.05, 4.69) is 86.6 Å². The average Bonchev–Trinajstić information content (AvgIpc) is 3.10. The quantitative estimate of drug-likeness (QED) is 0.346. The molecule has 0 atom stereocenters. The fourth-order valence-corrected chi connectivity index (χ4v) is 3.74. The molecule has 0 saturated carbocycles. The molecule has 4 rings (SSSR count). The van der Waals surface area contributed by atoms with Crippen molar-refractivity contribution < 1.29 is 4.42 Å². The van der Waals surface area contributed by atoms with Crippen molar-refractivity contribution in [2.45, 2.75) is 39.5 Å². The first-order chi connectivity index (χ1) is 13.3. The minimum absolute atomic E-state index is 0.960. The Kier molecular flexibility index (Phi) is 5.11. The topological polar surface area (TPSA) is 13.1 Å². The summed E-state index contributed by atoms with van der Waals surface area (Å²) in [5, 5.41) is 2.35. The Morgan fingerprint density at radius 3 is 1.33 bits per heavy atom. The van der Waals surface area contributed by atoms with Crippen LogP contribution in [0.15, 0.2) is 77.2 Å². The summed E-state index contributed by atoms with van der Waals surface area (Å²) in [4.78, 5) is 0. The van der Waals surface area contributed by atoms with Crippen molar-refractivity contribution in [3.8, 4) is 22.6 Å². The molecule has 0 amide bonds. The molecular formula is C26H26O. The smallest absolute Gasteiger partial charge is 0.142 e. The molecule has 3 aromatic carbocycles. The van der Waals surface area contributed by atoms with E-state index in [0.29, 0.717) is 0 Å². The second-order valence-corrected chi connectivity index (χ2v) is 7.20. The number of furan rings is 1. The molecule has 1 heteroatoms. The molecule has 1 heterocycles. The Bertz CT molecular complexity index is 937. The molecule has 0 spiro atoms. The Morgan fingerprint density at radius 1 is 0.556 bits per heavy atom. The lowest BCUT2D eigenvalue weighted by Crippen LogP contribution is -1.83. The van der Waals surface area contributed by atoms with E-state index in [4.69, 9.17) is 4.42 Å². The van der Waals surface area contributed by atoms with Gasteiger partial charge in [0.2, 0.25) is 0 Å². The van der Waals surface area contributed by atoms with Gasteiger partial charge in [-0.2, -0.15) is 0 Å². The maximum Gasteiger partial charge on any atom is 0.142 e. The van der Waals surface area contributed by atoms with Gasteiger partial charge in [0, 0.05) is 21.9 Å². The van der Waals surface area contributed by atoms with E-state index < -0.39 is 0 Å². The predicted molar refractivity (Wildman–Crippen MR) is 115 cm³/mol. The summed E-state index contributed by atoms with van der Waals surface area (Å²) in [5.41, 5.74) is 5.03. The number of hydrogen-bond donors (Lipinski definition) is 0. The summed E-state index contributed by atoms with van der Waals surface area (Å²) in [5.74, 6) is 1.92.